The summed E-state index contributed by atoms with van der Waals surface area (Å²) >= 11 is 0. The molecule has 4 nitrogen and oxygen atoms in total. The van der Waals surface area contributed by atoms with Gasteiger partial charge in [0.25, 0.3) is 0 Å². The molecule has 3 rings (SSSR count). The fourth-order valence-corrected chi connectivity index (χ4v) is 2.40. The van der Waals surface area contributed by atoms with Crippen molar-refractivity contribution in [1.82, 2.24) is 9.97 Å². The molecule has 4 heteroatoms. The molecule has 1 atom stereocenters. The van der Waals surface area contributed by atoms with Crippen LogP contribution in [0, 0.1) is 6.92 Å². The van der Waals surface area contributed by atoms with Gasteiger partial charge >= 0.3 is 0 Å². The van der Waals surface area contributed by atoms with Gasteiger partial charge in [-0.1, -0.05) is 6.42 Å². The van der Waals surface area contributed by atoms with Crippen LogP contribution in [0.2, 0.25) is 0 Å². The minimum absolute atomic E-state index is 0.381. The fraction of sp³-hybridized carbons (Fsp3) is 0.692. The van der Waals surface area contributed by atoms with E-state index >= 15 is 0 Å². The van der Waals surface area contributed by atoms with Crippen LogP contribution in [0.5, 0.6) is 0 Å². The lowest BCUT2D eigenvalue weighted by molar-refractivity contribution is 0.195. The first kappa shape index (κ1) is 11.0. The van der Waals surface area contributed by atoms with Gasteiger partial charge in [-0.25, -0.2) is 9.97 Å². The standard InChI is InChI=1S/C13H19N3O/c1-9-7-12(10-3-2-4-10)16-13(14-9)15-11-5-6-17-8-11/h7,10-11H,2-6,8H2,1H3,(H,14,15,16)/t11-/m0/s1. The van der Waals surface area contributed by atoms with Crippen LogP contribution >= 0.6 is 0 Å². The van der Waals surface area contributed by atoms with Crippen LogP contribution in [0.4, 0.5) is 5.95 Å². The maximum atomic E-state index is 5.35. The number of anilines is 1. The number of rotatable bonds is 3. The number of hydrogen-bond acceptors (Lipinski definition) is 4. The van der Waals surface area contributed by atoms with Gasteiger partial charge in [0.1, 0.15) is 0 Å². The minimum atomic E-state index is 0.381. The second-order valence-electron chi connectivity index (χ2n) is 5.09. The summed E-state index contributed by atoms with van der Waals surface area (Å²) in [5.74, 6) is 1.44. The fourth-order valence-electron chi connectivity index (χ4n) is 2.40. The number of hydrogen-bond donors (Lipinski definition) is 1. The van der Waals surface area contributed by atoms with E-state index in [1.807, 2.05) is 6.92 Å². The van der Waals surface area contributed by atoms with Crippen molar-refractivity contribution in [2.75, 3.05) is 18.5 Å². The van der Waals surface area contributed by atoms with E-state index in [9.17, 15) is 0 Å². The smallest absolute Gasteiger partial charge is 0.223 e. The molecule has 0 amide bonds. The molecule has 92 valence electrons. The summed E-state index contributed by atoms with van der Waals surface area (Å²) in [4.78, 5) is 9.10. The Bertz CT molecular complexity index is 398. The zero-order valence-corrected chi connectivity index (χ0v) is 10.3. The molecule has 0 radical (unpaired) electrons. The SMILES string of the molecule is Cc1cc(C2CCC2)nc(N[C@H]2CCOC2)n1. The molecule has 1 aromatic rings. The van der Waals surface area contributed by atoms with Crippen LogP contribution in [-0.4, -0.2) is 29.2 Å². The average molecular weight is 233 g/mol. The molecule has 1 saturated carbocycles. The van der Waals surface area contributed by atoms with Crippen molar-refractivity contribution in [2.24, 2.45) is 0 Å². The number of nitrogens with zero attached hydrogens (tertiary/aromatic N) is 2. The third-order valence-electron chi connectivity index (χ3n) is 3.66. The molecular formula is C13H19N3O. The molecule has 1 saturated heterocycles. The van der Waals surface area contributed by atoms with Crippen LogP contribution in [-0.2, 0) is 4.74 Å². The lowest BCUT2D eigenvalue weighted by Gasteiger charge is -2.25. The van der Waals surface area contributed by atoms with E-state index in [4.69, 9.17) is 4.74 Å². The van der Waals surface area contributed by atoms with E-state index < -0.39 is 0 Å². The van der Waals surface area contributed by atoms with Crippen molar-refractivity contribution in [3.05, 3.63) is 17.5 Å². The van der Waals surface area contributed by atoms with Gasteiger partial charge in [-0.3, -0.25) is 0 Å². The highest BCUT2D eigenvalue weighted by Gasteiger charge is 2.22. The van der Waals surface area contributed by atoms with Gasteiger partial charge in [-0.15, -0.1) is 0 Å². The Kier molecular flexibility index (Phi) is 2.97. The summed E-state index contributed by atoms with van der Waals surface area (Å²) < 4.78 is 5.35. The van der Waals surface area contributed by atoms with Crippen molar-refractivity contribution in [3.8, 4) is 0 Å². The highest BCUT2D eigenvalue weighted by molar-refractivity contribution is 5.31. The number of aryl methyl sites for hydroxylation is 1. The summed E-state index contributed by atoms with van der Waals surface area (Å²) in [5, 5.41) is 3.38. The van der Waals surface area contributed by atoms with Crippen molar-refractivity contribution in [2.45, 2.75) is 44.6 Å². The highest BCUT2D eigenvalue weighted by Crippen LogP contribution is 2.35. The molecular weight excluding hydrogens is 214 g/mol. The molecule has 17 heavy (non-hydrogen) atoms. The lowest BCUT2D eigenvalue weighted by atomic mass is 9.83. The van der Waals surface area contributed by atoms with Gasteiger partial charge < -0.3 is 10.1 Å². The topological polar surface area (TPSA) is 47.0 Å². The number of ether oxygens (including phenoxy) is 1. The first-order chi connectivity index (χ1) is 8.31. The molecule has 2 fully saturated rings. The van der Waals surface area contributed by atoms with Gasteiger partial charge in [0.2, 0.25) is 5.95 Å². The summed E-state index contributed by atoms with van der Waals surface area (Å²) in [6.07, 6.45) is 4.95. The van der Waals surface area contributed by atoms with Crippen LogP contribution in [0.3, 0.4) is 0 Å². The number of nitrogens with one attached hydrogen (secondary N) is 1. The zero-order valence-electron chi connectivity index (χ0n) is 10.3. The maximum Gasteiger partial charge on any atom is 0.223 e. The Balaban J connectivity index is 1.75. The normalized spacial score (nSPS) is 24.6. The molecule has 1 N–H and O–H groups in total. The number of aromatic nitrogens is 2. The summed E-state index contributed by atoms with van der Waals surface area (Å²) in [7, 11) is 0. The van der Waals surface area contributed by atoms with Gasteiger partial charge in [-0.05, 0) is 32.3 Å². The Morgan fingerprint density at radius 1 is 1.29 bits per heavy atom. The van der Waals surface area contributed by atoms with E-state index in [0.717, 1.165) is 31.3 Å². The van der Waals surface area contributed by atoms with Crippen molar-refractivity contribution < 1.29 is 4.74 Å². The third kappa shape index (κ3) is 2.41. The molecule has 1 aliphatic carbocycles. The van der Waals surface area contributed by atoms with Gasteiger partial charge in [0.15, 0.2) is 0 Å². The second kappa shape index (κ2) is 4.61. The van der Waals surface area contributed by atoms with Crippen LogP contribution in [0.25, 0.3) is 0 Å². The van der Waals surface area contributed by atoms with Crippen LogP contribution in [0.15, 0.2) is 6.07 Å². The van der Waals surface area contributed by atoms with Crippen molar-refractivity contribution in [3.63, 3.8) is 0 Å². The minimum Gasteiger partial charge on any atom is -0.379 e. The zero-order chi connectivity index (χ0) is 11.7. The molecule has 2 heterocycles. The average Bonchev–Trinajstić information content (AvgIpc) is 2.66. The van der Waals surface area contributed by atoms with Gasteiger partial charge in [0, 0.05) is 23.9 Å². The van der Waals surface area contributed by atoms with E-state index in [2.05, 4.69) is 21.4 Å². The predicted molar refractivity (Wildman–Crippen MR) is 66.2 cm³/mol. The molecule has 1 aromatic heterocycles. The summed E-state index contributed by atoms with van der Waals surface area (Å²) in [5.41, 5.74) is 2.27. The molecule has 1 aliphatic heterocycles. The Morgan fingerprint density at radius 3 is 2.82 bits per heavy atom. The molecule has 0 bridgehead atoms. The molecule has 2 aliphatic rings. The monoisotopic (exact) mass is 233 g/mol. The Hall–Kier alpha value is -1.16. The predicted octanol–water partition coefficient (Wildman–Crippen LogP) is 2.25. The van der Waals surface area contributed by atoms with Crippen molar-refractivity contribution >= 4 is 5.95 Å². The first-order valence-electron chi connectivity index (χ1n) is 6.51. The Morgan fingerprint density at radius 2 is 2.18 bits per heavy atom. The van der Waals surface area contributed by atoms with Crippen molar-refractivity contribution in [1.29, 1.82) is 0 Å². The quantitative estimate of drug-likeness (QED) is 0.870. The van der Waals surface area contributed by atoms with E-state index in [-0.39, 0.29) is 0 Å². The van der Waals surface area contributed by atoms with Crippen LogP contribution in [0.1, 0.15) is 43.0 Å². The van der Waals surface area contributed by atoms with Gasteiger partial charge in [0.05, 0.1) is 12.6 Å². The largest absolute Gasteiger partial charge is 0.379 e. The lowest BCUT2D eigenvalue weighted by Crippen LogP contribution is -2.22. The summed E-state index contributed by atoms with van der Waals surface area (Å²) in [6, 6.07) is 2.51. The maximum absolute atomic E-state index is 5.35. The third-order valence-corrected chi connectivity index (χ3v) is 3.66. The molecule has 0 aromatic carbocycles. The first-order valence-corrected chi connectivity index (χ1v) is 6.51. The van der Waals surface area contributed by atoms with E-state index in [0.29, 0.717) is 12.0 Å². The van der Waals surface area contributed by atoms with Gasteiger partial charge in [-0.2, -0.15) is 0 Å². The van der Waals surface area contributed by atoms with E-state index in [1.165, 1.54) is 25.0 Å². The summed E-state index contributed by atoms with van der Waals surface area (Å²) in [6.45, 7) is 3.66. The molecule has 0 unspecified atom stereocenters. The van der Waals surface area contributed by atoms with E-state index in [1.54, 1.807) is 0 Å². The Labute approximate surface area is 102 Å². The second-order valence-corrected chi connectivity index (χ2v) is 5.09. The highest BCUT2D eigenvalue weighted by atomic mass is 16.5. The van der Waals surface area contributed by atoms with Crippen LogP contribution < -0.4 is 5.32 Å². The molecule has 0 spiro atoms.